The molecule has 3 heterocycles. The number of hydrogen-bond acceptors (Lipinski definition) is 9. The topological polar surface area (TPSA) is 193 Å². The molecule has 2 aliphatic carbocycles. The van der Waals surface area contributed by atoms with Crippen molar-refractivity contribution in [2.24, 2.45) is 17.8 Å². The van der Waals surface area contributed by atoms with Crippen LogP contribution in [0.25, 0.3) is 10.8 Å². The van der Waals surface area contributed by atoms with Crippen molar-refractivity contribution in [3.8, 4) is 11.6 Å². The van der Waals surface area contributed by atoms with Gasteiger partial charge >= 0.3 is 6.09 Å². The number of carbonyl (C=O) groups excluding carboxylic acids is 3. The van der Waals surface area contributed by atoms with Crippen LogP contribution in [0.4, 0.5) is 4.79 Å². The van der Waals surface area contributed by atoms with Gasteiger partial charge in [-0.1, -0.05) is 50.8 Å². The summed E-state index contributed by atoms with van der Waals surface area (Å²) in [6, 6.07) is 4.94. The molecule has 0 bridgehead atoms. The molecule has 3 fully saturated rings. The zero-order valence-electron chi connectivity index (χ0n) is 29.0. The Morgan fingerprint density at radius 2 is 1.88 bits per heavy atom. The number of sulfonamides is 1. The maximum atomic E-state index is 14.4. The van der Waals surface area contributed by atoms with Crippen LogP contribution in [0.5, 0.6) is 11.6 Å². The van der Waals surface area contributed by atoms with Gasteiger partial charge in [-0.3, -0.25) is 19.1 Å². The number of carbonyl (C=O) groups is 4. The summed E-state index contributed by atoms with van der Waals surface area (Å²) >= 11 is 0. The summed E-state index contributed by atoms with van der Waals surface area (Å²) < 4.78 is 39.2. The number of fused-ring (bicyclic) bond motifs is 3. The summed E-state index contributed by atoms with van der Waals surface area (Å²) in [5.41, 5.74) is -1.55. The van der Waals surface area contributed by atoms with E-state index in [0.29, 0.717) is 42.2 Å². The number of carboxylic acid groups (broad SMARTS) is 1. The van der Waals surface area contributed by atoms with Crippen LogP contribution in [0, 0.1) is 17.8 Å². The number of allylic oxidation sites excluding steroid dienone is 1. The van der Waals surface area contributed by atoms with Gasteiger partial charge in [-0.15, -0.1) is 0 Å². The Morgan fingerprint density at radius 3 is 2.57 bits per heavy atom. The molecule has 0 spiro atoms. The maximum absolute atomic E-state index is 14.4. The molecule has 7 atom stereocenters. The SMILES string of the molecule is C=COc1cnc(O[C@@H]2C[C@H]3C(=O)N[C@]4(C(=O)NS(=O)(=O)C5(C)CC5)C[C@H]4C=CCC[C@@H](C)C[C@@H](C)[C@H](NC(=O)O)C(=O)N3C2)c2ccccc12. The number of aromatic nitrogens is 1. The first kappa shape index (κ1) is 36.1. The third-order valence-corrected chi connectivity index (χ3v) is 12.9. The molecule has 2 aliphatic heterocycles. The van der Waals surface area contributed by atoms with E-state index in [9.17, 15) is 32.7 Å². The highest BCUT2D eigenvalue weighted by Crippen LogP contribution is 2.47. The molecule has 51 heavy (non-hydrogen) atoms. The number of benzene rings is 1. The molecule has 1 aromatic carbocycles. The largest absolute Gasteiger partial charge is 0.472 e. The van der Waals surface area contributed by atoms with Crippen molar-refractivity contribution in [3.63, 3.8) is 0 Å². The summed E-state index contributed by atoms with van der Waals surface area (Å²) in [7, 11) is -4.00. The lowest BCUT2D eigenvalue weighted by molar-refractivity contribution is -0.142. The number of amides is 4. The molecule has 1 saturated heterocycles. The molecule has 0 radical (unpaired) electrons. The number of pyridine rings is 1. The van der Waals surface area contributed by atoms with Gasteiger partial charge in [-0.05, 0) is 63.4 Å². The van der Waals surface area contributed by atoms with E-state index in [4.69, 9.17) is 9.47 Å². The zero-order valence-corrected chi connectivity index (χ0v) is 29.8. The summed E-state index contributed by atoms with van der Waals surface area (Å²) in [6.45, 7) is 8.94. The van der Waals surface area contributed by atoms with Gasteiger partial charge in [0.05, 0.1) is 23.8 Å². The smallest absolute Gasteiger partial charge is 0.405 e. The monoisotopic (exact) mass is 723 g/mol. The fraction of sp³-hybridized carbons (Fsp3) is 0.528. The number of rotatable bonds is 8. The fourth-order valence-corrected chi connectivity index (χ4v) is 8.62. The first-order chi connectivity index (χ1) is 24.2. The molecular formula is C36H45N5O9S. The Kier molecular flexibility index (Phi) is 9.79. The minimum Gasteiger partial charge on any atom is -0.472 e. The van der Waals surface area contributed by atoms with Gasteiger partial charge in [0.15, 0.2) is 5.75 Å². The van der Waals surface area contributed by atoms with Gasteiger partial charge in [-0.2, -0.15) is 0 Å². The zero-order chi connectivity index (χ0) is 36.7. The third kappa shape index (κ3) is 7.26. The fourth-order valence-electron chi connectivity index (χ4n) is 7.31. The van der Waals surface area contributed by atoms with Crippen molar-refractivity contribution in [3.05, 3.63) is 55.5 Å². The second kappa shape index (κ2) is 13.8. The highest BCUT2D eigenvalue weighted by atomic mass is 32.2. The van der Waals surface area contributed by atoms with Crippen LogP contribution in [0.2, 0.25) is 0 Å². The normalized spacial score (nSPS) is 30.5. The first-order valence-electron chi connectivity index (χ1n) is 17.4. The molecule has 15 heteroatoms. The molecule has 4 N–H and O–H groups in total. The molecule has 2 aromatic rings. The van der Waals surface area contributed by atoms with Gasteiger partial charge in [0, 0.05) is 23.1 Å². The summed E-state index contributed by atoms with van der Waals surface area (Å²) in [5.74, 6) is -2.15. The average Bonchev–Trinajstić information content (AvgIpc) is 3.96. The second-order valence-electron chi connectivity index (χ2n) is 14.6. The molecule has 4 aliphatic rings. The van der Waals surface area contributed by atoms with Crippen molar-refractivity contribution in [1.29, 1.82) is 0 Å². The van der Waals surface area contributed by atoms with E-state index in [1.54, 1.807) is 19.9 Å². The van der Waals surface area contributed by atoms with Crippen molar-refractivity contribution in [2.75, 3.05) is 6.54 Å². The van der Waals surface area contributed by atoms with Gasteiger partial charge in [0.1, 0.15) is 23.7 Å². The van der Waals surface area contributed by atoms with Crippen molar-refractivity contribution < 1.29 is 42.2 Å². The summed E-state index contributed by atoms with van der Waals surface area (Å²) in [6.07, 6.45) is 7.37. The number of nitrogens with one attached hydrogen (secondary N) is 3. The Morgan fingerprint density at radius 1 is 1.16 bits per heavy atom. The molecule has 14 nitrogen and oxygen atoms in total. The van der Waals surface area contributed by atoms with Crippen molar-refractivity contribution >= 4 is 44.6 Å². The Hall–Kier alpha value is -4.66. The Labute approximate surface area is 297 Å². The molecule has 6 rings (SSSR count). The predicted octanol–water partition coefficient (Wildman–Crippen LogP) is 3.63. The number of ether oxygens (including phenoxy) is 2. The highest BCUT2D eigenvalue weighted by molar-refractivity contribution is 7.91. The van der Waals surface area contributed by atoms with E-state index < -0.39 is 74.1 Å². The molecule has 0 unspecified atom stereocenters. The van der Waals surface area contributed by atoms with E-state index in [1.807, 2.05) is 37.3 Å². The predicted molar refractivity (Wildman–Crippen MR) is 187 cm³/mol. The van der Waals surface area contributed by atoms with Crippen LogP contribution >= 0.6 is 0 Å². The van der Waals surface area contributed by atoms with Gasteiger partial charge in [0.25, 0.3) is 5.91 Å². The lowest BCUT2D eigenvalue weighted by Gasteiger charge is -2.32. The number of hydrogen-bond donors (Lipinski definition) is 4. The second-order valence-corrected chi connectivity index (χ2v) is 16.8. The molecule has 1 aromatic heterocycles. The van der Waals surface area contributed by atoms with Crippen molar-refractivity contribution in [2.45, 2.75) is 94.2 Å². The number of nitrogens with zero attached hydrogens (tertiary/aromatic N) is 2. The lowest BCUT2D eigenvalue weighted by atomic mass is 9.88. The van der Waals surface area contributed by atoms with E-state index in [1.165, 1.54) is 17.4 Å². The van der Waals surface area contributed by atoms with Crippen LogP contribution < -0.4 is 24.8 Å². The Balaban J connectivity index is 1.34. The van der Waals surface area contributed by atoms with Crippen LogP contribution in [0.1, 0.15) is 65.7 Å². The van der Waals surface area contributed by atoms with Crippen LogP contribution in [0.15, 0.2) is 55.5 Å². The van der Waals surface area contributed by atoms with Gasteiger partial charge < -0.3 is 30.1 Å². The molecular weight excluding hydrogens is 678 g/mol. The van der Waals surface area contributed by atoms with Crippen LogP contribution in [-0.2, 0) is 24.4 Å². The minimum atomic E-state index is -4.00. The van der Waals surface area contributed by atoms with E-state index in [-0.39, 0.29) is 31.2 Å². The minimum absolute atomic E-state index is 0.00234. The average molecular weight is 724 g/mol. The third-order valence-electron chi connectivity index (χ3n) is 10.7. The molecule has 274 valence electrons. The summed E-state index contributed by atoms with van der Waals surface area (Å²) in [4.78, 5) is 60.1. The molecule has 4 amide bonds. The van der Waals surface area contributed by atoms with Gasteiger partial charge in [0.2, 0.25) is 27.7 Å². The lowest BCUT2D eigenvalue weighted by Crippen LogP contribution is -2.59. The highest BCUT2D eigenvalue weighted by Gasteiger charge is 2.63. The van der Waals surface area contributed by atoms with E-state index >= 15 is 0 Å². The molecule has 2 saturated carbocycles. The summed E-state index contributed by atoms with van der Waals surface area (Å²) in [5, 5.41) is 16.3. The Bertz CT molecular complexity index is 1880. The van der Waals surface area contributed by atoms with E-state index in [2.05, 4.69) is 26.9 Å². The maximum Gasteiger partial charge on any atom is 0.405 e. The standard InChI is InChI=1S/C36H45N5O9S/c1-5-49-28-19-37-31(26-13-9-8-12-25(26)28)50-24-17-27-30(42)39-36(33(44)40-51(47,48)35(4)14-15-35)18-23(36)11-7-6-10-21(2)16-22(3)29(38-34(45)46)32(43)41(27)20-24/h5,7-9,11-13,19,21-24,27,29,38H,1,6,10,14-18,20H2,2-4H3,(H,39,42)(H,40,44)(H,45,46)/t21-,22-,23-,24-,27+,29+,36-/m1/s1. The van der Waals surface area contributed by atoms with Gasteiger partial charge in [-0.25, -0.2) is 18.2 Å². The van der Waals surface area contributed by atoms with Crippen LogP contribution in [-0.4, -0.2) is 82.2 Å². The van der Waals surface area contributed by atoms with E-state index in [0.717, 1.165) is 6.42 Å². The quantitative estimate of drug-likeness (QED) is 0.231. The van der Waals surface area contributed by atoms with Crippen LogP contribution in [0.3, 0.4) is 0 Å². The first-order valence-corrected chi connectivity index (χ1v) is 18.8. The van der Waals surface area contributed by atoms with Crippen molar-refractivity contribution in [1.82, 2.24) is 25.2 Å².